The van der Waals surface area contributed by atoms with E-state index in [0.29, 0.717) is 38.2 Å². The van der Waals surface area contributed by atoms with Crippen molar-refractivity contribution in [3.8, 4) is 23.3 Å². The molecule has 0 aliphatic carbocycles. The second kappa shape index (κ2) is 16.8. The van der Waals surface area contributed by atoms with Crippen LogP contribution in [0.2, 0.25) is 0 Å². The van der Waals surface area contributed by atoms with Crippen LogP contribution in [0, 0.1) is 24.0 Å². The number of hydrogen-bond acceptors (Lipinski definition) is 15. The van der Waals surface area contributed by atoms with E-state index in [1.54, 1.807) is 39.0 Å². The molecule has 2 aromatic heterocycles. The Morgan fingerprint density at radius 2 is 1.24 bits per heavy atom. The molecule has 0 saturated carbocycles. The first-order chi connectivity index (χ1) is 25.7. The van der Waals surface area contributed by atoms with E-state index in [1.165, 1.54) is 24.4 Å². The van der Waals surface area contributed by atoms with E-state index >= 15 is 0 Å². The number of esters is 2. The van der Waals surface area contributed by atoms with Gasteiger partial charge in [-0.1, -0.05) is 0 Å². The molecular formula is C34H38B2N4O14+2. The first kappa shape index (κ1) is 39.3. The summed E-state index contributed by atoms with van der Waals surface area (Å²) < 4.78 is 33.5. The predicted molar refractivity (Wildman–Crippen MR) is 187 cm³/mol. The van der Waals surface area contributed by atoms with Crippen molar-refractivity contribution in [2.45, 2.75) is 52.7 Å². The molecule has 0 amide bonds. The van der Waals surface area contributed by atoms with Crippen molar-refractivity contribution in [1.29, 1.82) is 0 Å². The molecule has 2 aromatic carbocycles. The molecule has 0 spiro atoms. The lowest BCUT2D eigenvalue weighted by molar-refractivity contribution is -0.905. The summed E-state index contributed by atoms with van der Waals surface area (Å²) in [4.78, 5) is 33.8. The smallest absolute Gasteiger partial charge is 0.466 e. The molecule has 0 fully saturated rings. The Balaban J connectivity index is 0.000000208. The number of aryl methyl sites for hydroxylation is 2. The van der Waals surface area contributed by atoms with Gasteiger partial charge in [0.1, 0.15) is 17.6 Å². The van der Waals surface area contributed by atoms with Crippen LogP contribution in [-0.2, 0) is 28.4 Å². The van der Waals surface area contributed by atoms with Crippen molar-refractivity contribution in [2.75, 3.05) is 18.9 Å². The van der Waals surface area contributed by atoms with Crippen molar-refractivity contribution < 1.29 is 72.7 Å². The molecule has 2 aliphatic rings. The molecule has 2 atom stereocenters. The summed E-state index contributed by atoms with van der Waals surface area (Å²) in [5.74, 6) is -0.248. The molecule has 0 bridgehead atoms. The highest BCUT2D eigenvalue weighted by Crippen LogP contribution is 2.34. The summed E-state index contributed by atoms with van der Waals surface area (Å²) in [5.41, 5.74) is 9.69. The van der Waals surface area contributed by atoms with E-state index in [2.05, 4.69) is 0 Å². The largest absolute Gasteiger partial charge is 0.492 e. The minimum absolute atomic E-state index is 0.0187. The standard InChI is InChI=1S/C17H18BN2O8.C17H19BN2O6/c1-3-26-16(21)9-14-17-10(2)6-12(8-13(17)18(22)28-14)27-15-7-11(20(24)25)4-5-19(15)23;1-3-24-16(21)9-14-17-10(2)6-12(8-13(17)18(22)26-14)25-15-7-11(19)4-5-20(15)23/h4-8,14,22-23H,3,9H2,1-2H3;4-8,14,19,22-23H,3,9H2,1-2H3/q+1;/p+1. The zero-order valence-electron chi connectivity index (χ0n) is 29.7. The highest BCUT2D eigenvalue weighted by molar-refractivity contribution is 6.62. The van der Waals surface area contributed by atoms with Crippen LogP contribution in [0.25, 0.3) is 0 Å². The fourth-order valence-electron chi connectivity index (χ4n) is 6.08. The third-order valence-electron chi connectivity index (χ3n) is 8.33. The van der Waals surface area contributed by atoms with E-state index < -0.39 is 43.3 Å². The monoisotopic (exact) mass is 748 g/mol. The fraction of sp³-hybridized carbons (Fsp3) is 0.294. The number of nitrogen functional groups attached to an aromatic ring is 1. The van der Waals surface area contributed by atoms with E-state index in [9.17, 15) is 40.2 Å². The van der Waals surface area contributed by atoms with Gasteiger partial charge >= 0.3 is 37.9 Å². The van der Waals surface area contributed by atoms with Crippen molar-refractivity contribution in [2.24, 2.45) is 0 Å². The average molecular weight is 748 g/mol. The van der Waals surface area contributed by atoms with E-state index in [4.69, 9.17) is 34.0 Å². The summed E-state index contributed by atoms with van der Waals surface area (Å²) in [6, 6.07) is 11.7. The van der Waals surface area contributed by atoms with Crippen LogP contribution in [0.5, 0.6) is 23.3 Å². The number of nitrogens with two attached hydrogens (primary N) is 1. The summed E-state index contributed by atoms with van der Waals surface area (Å²) in [5, 5.41) is 51.0. The number of aromatic nitrogens is 2. The number of carbonyl (C=O) groups is 2. The topological polar surface area (TPSA) is 247 Å². The Morgan fingerprint density at radius 3 is 1.69 bits per heavy atom. The van der Waals surface area contributed by atoms with Gasteiger partial charge in [0.15, 0.2) is 0 Å². The van der Waals surface area contributed by atoms with Crippen LogP contribution in [0.1, 0.15) is 61.2 Å². The molecule has 6 N–H and O–H groups in total. The highest BCUT2D eigenvalue weighted by Gasteiger charge is 2.40. The number of rotatable bonds is 11. The van der Waals surface area contributed by atoms with Crippen LogP contribution in [0.3, 0.4) is 0 Å². The molecule has 4 heterocycles. The van der Waals surface area contributed by atoms with Gasteiger partial charge in [-0.25, -0.2) is 0 Å². The lowest BCUT2D eigenvalue weighted by Gasteiger charge is -2.14. The normalized spacial score (nSPS) is 15.4. The van der Waals surface area contributed by atoms with Crippen molar-refractivity contribution in [3.05, 3.63) is 93.3 Å². The van der Waals surface area contributed by atoms with Crippen molar-refractivity contribution in [1.82, 2.24) is 0 Å². The minimum Gasteiger partial charge on any atom is -0.466 e. The molecule has 6 rings (SSSR count). The Morgan fingerprint density at radius 1 is 0.796 bits per heavy atom. The van der Waals surface area contributed by atoms with Gasteiger partial charge in [-0.15, -0.1) is 0 Å². The van der Waals surface area contributed by atoms with Crippen LogP contribution < -0.4 is 35.6 Å². The lowest BCUT2D eigenvalue weighted by Crippen LogP contribution is -2.31. The Bertz CT molecular complexity index is 2070. The first-order valence-corrected chi connectivity index (χ1v) is 16.7. The molecule has 54 heavy (non-hydrogen) atoms. The second-order valence-corrected chi connectivity index (χ2v) is 12.1. The molecule has 282 valence electrons. The zero-order valence-corrected chi connectivity index (χ0v) is 29.7. The number of fused-ring (bicyclic) bond motifs is 2. The lowest BCUT2D eigenvalue weighted by atomic mass is 9.77. The third-order valence-corrected chi connectivity index (χ3v) is 8.33. The van der Waals surface area contributed by atoms with E-state index in [-0.39, 0.29) is 49.3 Å². The van der Waals surface area contributed by atoms with Gasteiger partial charge < -0.3 is 44.0 Å². The number of benzene rings is 2. The molecule has 4 aromatic rings. The summed E-state index contributed by atoms with van der Waals surface area (Å²) in [6.45, 7) is 7.55. The molecule has 0 radical (unpaired) electrons. The van der Waals surface area contributed by atoms with Crippen LogP contribution in [0.15, 0.2) is 60.9 Å². The minimum atomic E-state index is -1.26. The van der Waals surface area contributed by atoms with Gasteiger partial charge in [0.2, 0.25) is 12.4 Å². The summed E-state index contributed by atoms with van der Waals surface area (Å²) in [6.07, 6.45) is 1.19. The first-order valence-electron chi connectivity index (χ1n) is 16.7. The maximum atomic E-state index is 11.8. The Labute approximate surface area is 309 Å². The highest BCUT2D eigenvalue weighted by atomic mass is 16.6. The number of anilines is 1. The van der Waals surface area contributed by atoms with Gasteiger partial charge in [0.05, 0.1) is 55.3 Å². The molecule has 20 heteroatoms. The zero-order chi connectivity index (χ0) is 39.3. The maximum Gasteiger partial charge on any atom is 0.492 e. The third kappa shape index (κ3) is 8.97. The van der Waals surface area contributed by atoms with Gasteiger partial charge in [-0.3, -0.25) is 30.1 Å². The molecular weight excluding hydrogens is 710 g/mol. The summed E-state index contributed by atoms with van der Waals surface area (Å²) >= 11 is 0. The molecule has 2 unspecified atom stereocenters. The number of pyridine rings is 2. The van der Waals surface area contributed by atoms with E-state index in [0.717, 1.165) is 34.2 Å². The van der Waals surface area contributed by atoms with Gasteiger partial charge in [0.25, 0.3) is 5.69 Å². The molecule has 18 nitrogen and oxygen atoms in total. The van der Waals surface area contributed by atoms with Crippen LogP contribution in [0.4, 0.5) is 11.4 Å². The maximum absolute atomic E-state index is 11.8. The number of ether oxygens (including phenoxy) is 4. The number of nitro groups is 1. The van der Waals surface area contributed by atoms with E-state index in [1.807, 2.05) is 6.92 Å². The van der Waals surface area contributed by atoms with Crippen LogP contribution in [-0.4, -0.2) is 64.8 Å². The van der Waals surface area contributed by atoms with Crippen molar-refractivity contribution >= 4 is 48.5 Å². The number of hydrogen-bond donors (Lipinski definition) is 5. The van der Waals surface area contributed by atoms with Gasteiger partial charge in [0, 0.05) is 21.2 Å². The van der Waals surface area contributed by atoms with Gasteiger partial charge in [-0.2, -0.15) is 0 Å². The van der Waals surface area contributed by atoms with Crippen molar-refractivity contribution in [3.63, 3.8) is 0 Å². The van der Waals surface area contributed by atoms with Gasteiger partial charge in [-0.05, 0) is 85.1 Å². The Kier molecular flexibility index (Phi) is 12.2. The quantitative estimate of drug-likeness (QED) is 0.0365. The fourth-order valence-corrected chi connectivity index (χ4v) is 6.08. The summed E-state index contributed by atoms with van der Waals surface area (Å²) in [7, 11) is -2.43. The SMILES string of the molecule is CCOC(=O)CC1OB(O)c2cc(Oc3cc(N)cc[n+]3O)cc(C)c21.CCOC(=O)CC1OB(O)c2cc(Oc3cc([N+](=O)[O-])cc[n+]3O)cc(C)c21. The molecule has 0 saturated heterocycles. The second-order valence-electron chi connectivity index (χ2n) is 12.1. The predicted octanol–water partition coefficient (Wildman–Crippen LogP) is 1.54. The molecule has 2 aliphatic heterocycles. The average Bonchev–Trinajstić information content (AvgIpc) is 3.58. The number of nitrogens with zero attached hydrogens (tertiary/aromatic N) is 3. The Hall–Kier alpha value is -5.95. The number of carbonyl (C=O) groups excluding carboxylic acids is 2. The van der Waals surface area contributed by atoms with Crippen LogP contribution >= 0.6 is 0 Å².